The first kappa shape index (κ1) is 17.3. The van der Waals surface area contributed by atoms with E-state index in [2.05, 4.69) is 31.3 Å². The third-order valence-corrected chi connectivity index (χ3v) is 4.54. The van der Waals surface area contributed by atoms with Crippen molar-refractivity contribution in [1.82, 2.24) is 5.32 Å². The number of hydrogen-bond donors (Lipinski definition) is 1. The summed E-state index contributed by atoms with van der Waals surface area (Å²) in [5.41, 5.74) is 1.50. The Balaban J connectivity index is 1.96. The van der Waals surface area contributed by atoms with Crippen LogP contribution in [0, 0.1) is 18.3 Å². The van der Waals surface area contributed by atoms with Crippen LogP contribution in [-0.2, 0) is 4.79 Å². The van der Waals surface area contributed by atoms with Gasteiger partial charge in [-0.05, 0) is 42.9 Å². The van der Waals surface area contributed by atoms with E-state index in [0.717, 1.165) is 43.4 Å². The summed E-state index contributed by atoms with van der Waals surface area (Å²) < 4.78 is 5.70. The zero-order chi connectivity index (χ0) is 16.9. The summed E-state index contributed by atoms with van der Waals surface area (Å²) >= 11 is 0. The van der Waals surface area contributed by atoms with E-state index >= 15 is 0 Å². The molecular formula is C19H26N2O2. The first-order valence-corrected chi connectivity index (χ1v) is 8.41. The van der Waals surface area contributed by atoms with Gasteiger partial charge in [0.2, 0.25) is 0 Å². The molecule has 1 aliphatic carbocycles. The fourth-order valence-electron chi connectivity index (χ4n) is 3.00. The van der Waals surface area contributed by atoms with Crippen LogP contribution in [0.5, 0.6) is 5.75 Å². The van der Waals surface area contributed by atoms with Gasteiger partial charge in [-0.3, -0.25) is 4.79 Å². The van der Waals surface area contributed by atoms with Gasteiger partial charge < -0.3 is 10.1 Å². The molecule has 4 nitrogen and oxygen atoms in total. The first-order valence-electron chi connectivity index (χ1n) is 8.41. The lowest BCUT2D eigenvalue weighted by atomic mass is 9.83. The molecule has 1 saturated carbocycles. The van der Waals surface area contributed by atoms with E-state index in [9.17, 15) is 10.1 Å². The maximum absolute atomic E-state index is 12.2. The maximum atomic E-state index is 12.2. The van der Waals surface area contributed by atoms with Gasteiger partial charge in [-0.2, -0.15) is 5.26 Å². The molecule has 0 radical (unpaired) electrons. The van der Waals surface area contributed by atoms with Crippen LogP contribution in [-0.4, -0.2) is 18.1 Å². The van der Waals surface area contributed by atoms with Gasteiger partial charge in [0.15, 0.2) is 6.61 Å². The molecule has 1 aromatic carbocycles. The first-order chi connectivity index (χ1) is 11.0. The standard InChI is InChI=1S/C19H26N2O2/c1-14(2)16-8-7-15(3)17(11-16)23-12-18(22)21-19(13-20)9-5-4-6-10-19/h7-8,11,14H,4-6,9-10,12H2,1-3H3,(H,21,22). The summed E-state index contributed by atoms with van der Waals surface area (Å²) in [6.45, 7) is 6.17. The molecule has 124 valence electrons. The van der Waals surface area contributed by atoms with Gasteiger partial charge in [0.25, 0.3) is 5.91 Å². The SMILES string of the molecule is Cc1ccc(C(C)C)cc1OCC(=O)NC1(C#N)CCCCC1. The van der Waals surface area contributed by atoms with Crippen molar-refractivity contribution in [2.24, 2.45) is 0 Å². The lowest BCUT2D eigenvalue weighted by Crippen LogP contribution is -2.50. The number of ether oxygens (including phenoxy) is 1. The van der Waals surface area contributed by atoms with Crippen molar-refractivity contribution in [3.05, 3.63) is 29.3 Å². The molecular weight excluding hydrogens is 288 g/mol. The summed E-state index contributed by atoms with van der Waals surface area (Å²) in [5, 5.41) is 12.3. The number of aryl methyl sites for hydroxylation is 1. The summed E-state index contributed by atoms with van der Waals surface area (Å²) in [6, 6.07) is 8.39. The minimum Gasteiger partial charge on any atom is -0.483 e. The van der Waals surface area contributed by atoms with E-state index in [-0.39, 0.29) is 12.5 Å². The molecule has 0 bridgehead atoms. The number of amides is 1. The number of nitrogens with zero attached hydrogens (tertiary/aromatic N) is 1. The lowest BCUT2D eigenvalue weighted by molar-refractivity contribution is -0.124. The molecule has 0 atom stereocenters. The van der Waals surface area contributed by atoms with E-state index in [1.165, 1.54) is 5.56 Å². The van der Waals surface area contributed by atoms with Crippen LogP contribution in [0.4, 0.5) is 0 Å². The predicted octanol–water partition coefficient (Wildman–Crippen LogP) is 3.84. The maximum Gasteiger partial charge on any atom is 0.259 e. The van der Waals surface area contributed by atoms with Crippen LogP contribution in [0.15, 0.2) is 18.2 Å². The highest BCUT2D eigenvalue weighted by molar-refractivity contribution is 5.79. The number of nitriles is 1. The van der Waals surface area contributed by atoms with Gasteiger partial charge in [-0.1, -0.05) is 45.2 Å². The Morgan fingerprint density at radius 3 is 2.65 bits per heavy atom. The Morgan fingerprint density at radius 1 is 1.35 bits per heavy atom. The largest absolute Gasteiger partial charge is 0.483 e. The van der Waals surface area contributed by atoms with Crippen LogP contribution in [0.3, 0.4) is 0 Å². The van der Waals surface area contributed by atoms with E-state index in [1.807, 2.05) is 19.1 Å². The van der Waals surface area contributed by atoms with Crippen LogP contribution in [0.25, 0.3) is 0 Å². The highest BCUT2D eigenvalue weighted by Gasteiger charge is 2.33. The number of benzene rings is 1. The Morgan fingerprint density at radius 2 is 2.04 bits per heavy atom. The highest BCUT2D eigenvalue weighted by atomic mass is 16.5. The number of carbonyl (C=O) groups is 1. The van der Waals surface area contributed by atoms with Gasteiger partial charge in [-0.15, -0.1) is 0 Å². The van der Waals surface area contributed by atoms with Gasteiger partial charge >= 0.3 is 0 Å². The summed E-state index contributed by atoms with van der Waals surface area (Å²) in [5.74, 6) is 0.930. The number of nitrogens with one attached hydrogen (secondary N) is 1. The van der Waals surface area contributed by atoms with E-state index < -0.39 is 5.54 Å². The number of rotatable bonds is 5. The molecule has 1 N–H and O–H groups in total. The molecule has 0 unspecified atom stereocenters. The molecule has 0 heterocycles. The second kappa shape index (κ2) is 7.50. The molecule has 4 heteroatoms. The van der Waals surface area contributed by atoms with Crippen molar-refractivity contribution >= 4 is 5.91 Å². The summed E-state index contributed by atoms with van der Waals surface area (Å²) in [6.07, 6.45) is 4.58. The molecule has 1 fully saturated rings. The van der Waals surface area contributed by atoms with E-state index in [4.69, 9.17) is 4.74 Å². The molecule has 1 amide bonds. The second-order valence-electron chi connectivity index (χ2n) is 6.77. The van der Waals surface area contributed by atoms with Crippen molar-refractivity contribution in [2.75, 3.05) is 6.61 Å². The lowest BCUT2D eigenvalue weighted by Gasteiger charge is -2.31. The molecule has 0 spiro atoms. The Hall–Kier alpha value is -2.02. The van der Waals surface area contributed by atoms with E-state index in [1.54, 1.807) is 0 Å². The average molecular weight is 314 g/mol. The van der Waals surface area contributed by atoms with Crippen LogP contribution >= 0.6 is 0 Å². The summed E-state index contributed by atoms with van der Waals surface area (Å²) in [7, 11) is 0. The molecule has 0 aliphatic heterocycles. The highest BCUT2D eigenvalue weighted by Crippen LogP contribution is 2.28. The van der Waals surface area contributed by atoms with Crippen LogP contribution < -0.4 is 10.1 Å². The Labute approximate surface area is 138 Å². The molecule has 0 saturated heterocycles. The Kier molecular flexibility index (Phi) is 5.65. The van der Waals surface area contributed by atoms with Crippen molar-refractivity contribution in [1.29, 1.82) is 5.26 Å². The fraction of sp³-hybridized carbons (Fsp3) is 0.579. The topological polar surface area (TPSA) is 62.1 Å². The molecule has 1 aromatic rings. The minimum absolute atomic E-state index is 0.0498. The van der Waals surface area contributed by atoms with Crippen molar-refractivity contribution in [3.63, 3.8) is 0 Å². The number of carbonyl (C=O) groups excluding carboxylic acids is 1. The predicted molar refractivity (Wildman–Crippen MR) is 90.3 cm³/mol. The quantitative estimate of drug-likeness (QED) is 0.898. The second-order valence-corrected chi connectivity index (χ2v) is 6.77. The third kappa shape index (κ3) is 4.48. The minimum atomic E-state index is -0.701. The smallest absolute Gasteiger partial charge is 0.259 e. The van der Waals surface area contributed by atoms with Crippen molar-refractivity contribution in [2.45, 2.75) is 64.3 Å². The van der Waals surface area contributed by atoms with Crippen LogP contribution in [0.1, 0.15) is 63.0 Å². The normalized spacial score (nSPS) is 16.7. The fourth-order valence-corrected chi connectivity index (χ4v) is 3.00. The monoisotopic (exact) mass is 314 g/mol. The van der Waals surface area contributed by atoms with Gasteiger partial charge in [0.1, 0.15) is 11.3 Å². The van der Waals surface area contributed by atoms with Crippen molar-refractivity contribution in [3.8, 4) is 11.8 Å². The molecule has 2 rings (SSSR count). The summed E-state index contributed by atoms with van der Waals surface area (Å²) in [4.78, 5) is 12.2. The van der Waals surface area contributed by atoms with Gasteiger partial charge in [-0.25, -0.2) is 0 Å². The molecule has 0 aromatic heterocycles. The van der Waals surface area contributed by atoms with Gasteiger partial charge in [0.05, 0.1) is 6.07 Å². The van der Waals surface area contributed by atoms with Gasteiger partial charge in [0, 0.05) is 0 Å². The molecule has 1 aliphatic rings. The van der Waals surface area contributed by atoms with Crippen molar-refractivity contribution < 1.29 is 9.53 Å². The zero-order valence-electron chi connectivity index (χ0n) is 14.3. The molecule has 23 heavy (non-hydrogen) atoms. The van der Waals surface area contributed by atoms with Crippen LogP contribution in [0.2, 0.25) is 0 Å². The average Bonchev–Trinajstić information content (AvgIpc) is 2.54. The zero-order valence-corrected chi connectivity index (χ0v) is 14.3. The Bertz CT molecular complexity index is 596. The number of hydrogen-bond acceptors (Lipinski definition) is 3. The third-order valence-electron chi connectivity index (χ3n) is 4.54. The van der Waals surface area contributed by atoms with E-state index in [0.29, 0.717) is 5.92 Å².